The van der Waals surface area contributed by atoms with Gasteiger partial charge >= 0.3 is 6.10 Å². The number of nitrogen functional groups attached to an aromatic ring is 1. The van der Waals surface area contributed by atoms with Gasteiger partial charge < -0.3 is 21.1 Å². The van der Waals surface area contributed by atoms with Gasteiger partial charge in [-0.15, -0.1) is 10.2 Å². The summed E-state index contributed by atoms with van der Waals surface area (Å²) < 4.78 is 15.4. The van der Waals surface area contributed by atoms with Crippen molar-refractivity contribution in [2.24, 2.45) is 0 Å². The van der Waals surface area contributed by atoms with Crippen LogP contribution in [0.2, 0.25) is 0 Å². The molecule has 0 saturated heterocycles. The molecule has 0 spiro atoms. The zero-order chi connectivity index (χ0) is 19.2. The lowest BCUT2D eigenvalue weighted by Crippen LogP contribution is -2.37. The molecule has 0 atom stereocenters. The van der Waals surface area contributed by atoms with Crippen molar-refractivity contribution < 1.29 is 19.7 Å². The molecular formula is C14H14FN9O3. The van der Waals surface area contributed by atoms with Crippen LogP contribution in [0.3, 0.4) is 0 Å². The maximum atomic E-state index is 12.7. The van der Waals surface area contributed by atoms with Crippen molar-refractivity contribution >= 4 is 28.4 Å². The van der Waals surface area contributed by atoms with E-state index >= 15 is 0 Å². The first-order valence-electron chi connectivity index (χ1n) is 7.72. The summed E-state index contributed by atoms with van der Waals surface area (Å²) in [6.07, 6.45) is -1.66. The number of aromatic nitrogens is 7. The zero-order valence-electron chi connectivity index (χ0n) is 13.7. The fraction of sp³-hybridized carbons (Fsp3) is 0.214. The topological polar surface area (TPSA) is 173 Å². The summed E-state index contributed by atoms with van der Waals surface area (Å²) in [5.41, 5.74) is 7.71. The van der Waals surface area contributed by atoms with Gasteiger partial charge in [-0.2, -0.15) is 4.98 Å². The fourth-order valence-corrected chi connectivity index (χ4v) is 2.73. The Morgan fingerprint density at radius 3 is 2.74 bits per heavy atom. The lowest BCUT2D eigenvalue weighted by Gasteiger charge is -2.17. The SMILES string of the molecule is Nc1nc(NC(O)(O)O)c2c(-c3ccc4nnn(CCF)c4n3)ccn2n1. The van der Waals surface area contributed by atoms with Crippen LogP contribution >= 0.6 is 0 Å². The van der Waals surface area contributed by atoms with E-state index in [0.717, 1.165) is 0 Å². The Morgan fingerprint density at radius 2 is 2.00 bits per heavy atom. The predicted octanol–water partition coefficient (Wildman–Crippen LogP) is -0.912. The van der Waals surface area contributed by atoms with E-state index in [1.54, 1.807) is 24.4 Å². The molecule has 12 nitrogen and oxygen atoms in total. The van der Waals surface area contributed by atoms with Gasteiger partial charge in [0.05, 0.1) is 12.2 Å². The molecule has 0 amide bonds. The van der Waals surface area contributed by atoms with E-state index in [2.05, 4.69) is 25.4 Å². The van der Waals surface area contributed by atoms with E-state index in [4.69, 9.17) is 5.73 Å². The molecule has 4 rings (SSSR count). The van der Waals surface area contributed by atoms with E-state index < -0.39 is 12.8 Å². The van der Waals surface area contributed by atoms with E-state index in [1.165, 1.54) is 9.20 Å². The average Bonchev–Trinajstić information content (AvgIpc) is 3.17. The summed E-state index contributed by atoms with van der Waals surface area (Å²) in [6.45, 7) is -0.607. The Hall–Kier alpha value is -3.42. The van der Waals surface area contributed by atoms with Crippen LogP contribution in [0.4, 0.5) is 16.2 Å². The van der Waals surface area contributed by atoms with Crippen molar-refractivity contribution in [1.82, 2.24) is 34.6 Å². The number of hydrogen-bond acceptors (Lipinski definition) is 10. The van der Waals surface area contributed by atoms with E-state index in [9.17, 15) is 19.7 Å². The van der Waals surface area contributed by atoms with Gasteiger partial charge in [0.2, 0.25) is 5.95 Å². The standard InChI is InChI=1S/C14H14FN9O3/c15-4-6-24-12-9(20-22-24)2-1-8(17-12)7-3-5-23-10(7)11(18-13(16)21-23)19-14(25,26)27/h1-3,5,25-27H,4,6H2,(H3,16,18,19,21). The number of halogens is 1. The first-order chi connectivity index (χ1) is 12.9. The molecule has 4 aromatic rings. The van der Waals surface area contributed by atoms with Crippen LogP contribution in [0.25, 0.3) is 27.9 Å². The number of nitrogens with zero attached hydrogens (tertiary/aromatic N) is 7. The minimum atomic E-state index is -3.22. The molecule has 27 heavy (non-hydrogen) atoms. The second-order valence-electron chi connectivity index (χ2n) is 5.64. The van der Waals surface area contributed by atoms with Crippen molar-refractivity contribution in [3.8, 4) is 11.3 Å². The minimum absolute atomic E-state index is 0.0119. The molecule has 0 radical (unpaired) electrons. The second kappa shape index (κ2) is 6.08. The highest BCUT2D eigenvalue weighted by Crippen LogP contribution is 2.30. The van der Waals surface area contributed by atoms with Gasteiger partial charge in [0.25, 0.3) is 0 Å². The number of aryl methyl sites for hydroxylation is 1. The molecule has 0 bridgehead atoms. The highest BCUT2D eigenvalue weighted by molar-refractivity contribution is 5.89. The molecule has 0 unspecified atom stereocenters. The maximum Gasteiger partial charge on any atom is 0.368 e. The van der Waals surface area contributed by atoms with Gasteiger partial charge in [0.1, 0.15) is 17.7 Å². The summed E-state index contributed by atoms with van der Waals surface area (Å²) >= 11 is 0. The largest absolute Gasteiger partial charge is 0.368 e. The smallest absolute Gasteiger partial charge is 0.366 e. The average molecular weight is 375 g/mol. The van der Waals surface area contributed by atoms with Gasteiger partial charge in [-0.05, 0) is 18.2 Å². The van der Waals surface area contributed by atoms with E-state index in [1.807, 2.05) is 5.32 Å². The number of rotatable bonds is 5. The molecule has 6 N–H and O–H groups in total. The second-order valence-corrected chi connectivity index (χ2v) is 5.64. The monoisotopic (exact) mass is 375 g/mol. The Balaban J connectivity index is 1.91. The number of anilines is 2. The van der Waals surface area contributed by atoms with Gasteiger partial charge in [-0.25, -0.2) is 18.6 Å². The molecule has 0 aliphatic carbocycles. The number of hydrogen-bond donors (Lipinski definition) is 5. The molecule has 4 heterocycles. The van der Waals surface area contributed by atoms with Crippen LogP contribution in [-0.4, -0.2) is 62.7 Å². The molecule has 0 aliphatic rings. The van der Waals surface area contributed by atoms with Crippen LogP contribution < -0.4 is 11.1 Å². The van der Waals surface area contributed by atoms with E-state index in [-0.39, 0.29) is 23.8 Å². The van der Waals surface area contributed by atoms with Crippen LogP contribution in [-0.2, 0) is 6.54 Å². The van der Waals surface area contributed by atoms with Crippen LogP contribution in [0.1, 0.15) is 0 Å². The third kappa shape index (κ3) is 3.10. The van der Waals surface area contributed by atoms with Gasteiger partial charge in [-0.1, -0.05) is 5.21 Å². The van der Waals surface area contributed by atoms with Crippen molar-refractivity contribution in [2.45, 2.75) is 12.6 Å². The molecule has 0 aromatic carbocycles. The molecule has 0 saturated carbocycles. The van der Waals surface area contributed by atoms with Crippen molar-refractivity contribution in [1.29, 1.82) is 0 Å². The quantitative estimate of drug-likeness (QED) is 0.275. The highest BCUT2D eigenvalue weighted by Gasteiger charge is 2.23. The van der Waals surface area contributed by atoms with Gasteiger partial charge in [-0.3, -0.25) is 5.32 Å². The Bertz CT molecular complexity index is 1130. The minimum Gasteiger partial charge on any atom is -0.366 e. The summed E-state index contributed by atoms with van der Waals surface area (Å²) in [4.78, 5) is 8.35. The Labute approximate surface area is 149 Å². The number of aliphatic hydroxyl groups is 3. The lowest BCUT2D eigenvalue weighted by atomic mass is 10.2. The van der Waals surface area contributed by atoms with Crippen LogP contribution in [0.15, 0.2) is 24.4 Å². The van der Waals surface area contributed by atoms with Crippen molar-refractivity contribution in [3.05, 3.63) is 24.4 Å². The Morgan fingerprint density at radius 1 is 1.19 bits per heavy atom. The molecule has 13 heteroatoms. The first-order valence-corrected chi connectivity index (χ1v) is 7.72. The summed E-state index contributed by atoms with van der Waals surface area (Å²) in [7, 11) is 0. The molecule has 140 valence electrons. The summed E-state index contributed by atoms with van der Waals surface area (Å²) in [5.74, 6) is -0.294. The summed E-state index contributed by atoms with van der Waals surface area (Å²) in [6, 6.07) is 4.98. The van der Waals surface area contributed by atoms with Gasteiger partial charge in [0, 0.05) is 11.8 Å². The highest BCUT2D eigenvalue weighted by atomic mass is 19.1. The third-order valence-corrected chi connectivity index (χ3v) is 3.75. The predicted molar refractivity (Wildman–Crippen MR) is 90.7 cm³/mol. The third-order valence-electron chi connectivity index (χ3n) is 3.75. The number of nitrogens with one attached hydrogen (secondary N) is 1. The number of pyridine rings is 1. The van der Waals surface area contributed by atoms with Crippen molar-refractivity contribution in [3.63, 3.8) is 0 Å². The van der Waals surface area contributed by atoms with E-state index in [0.29, 0.717) is 22.4 Å². The zero-order valence-corrected chi connectivity index (χ0v) is 13.7. The number of nitrogens with two attached hydrogens (primary N) is 1. The molecule has 0 fully saturated rings. The fourth-order valence-electron chi connectivity index (χ4n) is 2.73. The van der Waals surface area contributed by atoms with Crippen LogP contribution in [0.5, 0.6) is 0 Å². The molecular weight excluding hydrogens is 361 g/mol. The van der Waals surface area contributed by atoms with Gasteiger partial charge in [0.15, 0.2) is 11.5 Å². The Kier molecular flexibility index (Phi) is 3.83. The van der Waals surface area contributed by atoms with Crippen molar-refractivity contribution in [2.75, 3.05) is 17.7 Å². The van der Waals surface area contributed by atoms with Crippen LogP contribution in [0, 0.1) is 0 Å². The lowest BCUT2D eigenvalue weighted by molar-refractivity contribution is -0.289. The number of alkyl halides is 1. The first kappa shape index (κ1) is 17.0. The number of fused-ring (bicyclic) bond motifs is 2. The normalized spacial score (nSPS) is 12.1. The molecule has 0 aliphatic heterocycles. The summed E-state index contributed by atoms with van der Waals surface area (Å²) in [5, 5.41) is 41.6. The maximum absolute atomic E-state index is 12.7. The molecule has 4 aromatic heterocycles.